The zero-order valence-corrected chi connectivity index (χ0v) is 13.0. The van der Waals surface area contributed by atoms with E-state index in [4.69, 9.17) is 4.74 Å². The van der Waals surface area contributed by atoms with Crippen LogP contribution in [0.25, 0.3) is 0 Å². The third kappa shape index (κ3) is 4.27. The maximum Gasteiger partial charge on any atom is 0.227 e. The molecule has 1 aromatic heterocycles. The summed E-state index contributed by atoms with van der Waals surface area (Å²) in [6, 6.07) is 3.67. The number of nitrogens with zero attached hydrogens (tertiary/aromatic N) is 2. The summed E-state index contributed by atoms with van der Waals surface area (Å²) in [6.45, 7) is 5.01. The standard InChI is InChI=1S/C17H25N3O2/c21-17(19-16-5-7-18-8-6-16)15-3-1-14(2-4-15)13-20-9-11-22-12-10-20/h5-8,14-15H,1-4,9-13H2,(H,18,19,21). The predicted octanol–water partition coefficient (Wildman–Crippen LogP) is 2.16. The topological polar surface area (TPSA) is 54.5 Å². The molecule has 1 saturated heterocycles. The van der Waals surface area contributed by atoms with E-state index in [0.29, 0.717) is 0 Å². The highest BCUT2D eigenvalue weighted by molar-refractivity contribution is 5.92. The molecule has 5 nitrogen and oxygen atoms in total. The van der Waals surface area contributed by atoms with Crippen molar-refractivity contribution in [1.82, 2.24) is 9.88 Å². The molecule has 1 N–H and O–H groups in total. The van der Waals surface area contributed by atoms with Gasteiger partial charge in [0, 0.05) is 43.6 Å². The minimum atomic E-state index is 0.161. The molecule has 2 aliphatic rings. The Balaban J connectivity index is 1.42. The van der Waals surface area contributed by atoms with Crippen LogP contribution in [-0.4, -0.2) is 48.6 Å². The number of ether oxygens (including phenoxy) is 1. The van der Waals surface area contributed by atoms with Crippen molar-refractivity contribution in [1.29, 1.82) is 0 Å². The van der Waals surface area contributed by atoms with E-state index in [1.54, 1.807) is 12.4 Å². The molecule has 1 aliphatic heterocycles. The number of morpholine rings is 1. The highest BCUT2D eigenvalue weighted by atomic mass is 16.5. The van der Waals surface area contributed by atoms with Crippen molar-refractivity contribution in [2.45, 2.75) is 25.7 Å². The minimum absolute atomic E-state index is 0.161. The molecule has 1 aliphatic carbocycles. The van der Waals surface area contributed by atoms with Gasteiger partial charge in [-0.2, -0.15) is 0 Å². The van der Waals surface area contributed by atoms with Gasteiger partial charge in [-0.25, -0.2) is 0 Å². The van der Waals surface area contributed by atoms with E-state index in [9.17, 15) is 4.79 Å². The second kappa shape index (κ2) is 7.70. The molecule has 0 aromatic carbocycles. The Bertz CT molecular complexity index is 466. The van der Waals surface area contributed by atoms with Crippen LogP contribution in [0.4, 0.5) is 5.69 Å². The average molecular weight is 303 g/mol. The van der Waals surface area contributed by atoms with Crippen molar-refractivity contribution in [3.05, 3.63) is 24.5 Å². The Morgan fingerprint density at radius 1 is 1.18 bits per heavy atom. The number of pyridine rings is 1. The Hall–Kier alpha value is -1.46. The second-order valence-electron chi connectivity index (χ2n) is 6.36. The smallest absolute Gasteiger partial charge is 0.227 e. The molecule has 22 heavy (non-hydrogen) atoms. The highest BCUT2D eigenvalue weighted by Gasteiger charge is 2.27. The van der Waals surface area contributed by atoms with Crippen molar-refractivity contribution in [3.63, 3.8) is 0 Å². The van der Waals surface area contributed by atoms with Crippen LogP contribution < -0.4 is 5.32 Å². The third-order valence-corrected chi connectivity index (χ3v) is 4.79. The van der Waals surface area contributed by atoms with Gasteiger partial charge >= 0.3 is 0 Å². The van der Waals surface area contributed by atoms with Crippen molar-refractivity contribution >= 4 is 11.6 Å². The molecular formula is C17H25N3O2. The van der Waals surface area contributed by atoms with E-state index in [1.165, 1.54) is 6.54 Å². The number of rotatable bonds is 4. The average Bonchev–Trinajstić information content (AvgIpc) is 2.57. The highest BCUT2D eigenvalue weighted by Crippen LogP contribution is 2.30. The number of nitrogens with one attached hydrogen (secondary N) is 1. The van der Waals surface area contributed by atoms with Crippen molar-refractivity contribution in [2.24, 2.45) is 11.8 Å². The first-order valence-electron chi connectivity index (χ1n) is 8.32. The van der Waals surface area contributed by atoms with Gasteiger partial charge in [0.1, 0.15) is 0 Å². The molecule has 0 bridgehead atoms. The summed E-state index contributed by atoms with van der Waals surface area (Å²) in [5, 5.41) is 3.00. The maximum atomic E-state index is 12.3. The summed E-state index contributed by atoms with van der Waals surface area (Å²) >= 11 is 0. The van der Waals surface area contributed by atoms with Gasteiger partial charge in [0.15, 0.2) is 0 Å². The van der Waals surface area contributed by atoms with Crippen molar-refractivity contribution < 1.29 is 9.53 Å². The largest absolute Gasteiger partial charge is 0.379 e. The summed E-state index contributed by atoms with van der Waals surface area (Å²) in [5.41, 5.74) is 0.843. The van der Waals surface area contributed by atoms with Gasteiger partial charge < -0.3 is 10.1 Å². The van der Waals surface area contributed by atoms with Crippen LogP contribution in [0.1, 0.15) is 25.7 Å². The quantitative estimate of drug-likeness (QED) is 0.926. The molecular weight excluding hydrogens is 278 g/mol. The lowest BCUT2D eigenvalue weighted by Gasteiger charge is -2.34. The van der Waals surface area contributed by atoms with Crippen LogP contribution in [0, 0.1) is 11.8 Å². The van der Waals surface area contributed by atoms with E-state index < -0.39 is 0 Å². The van der Waals surface area contributed by atoms with Crippen LogP contribution in [0.5, 0.6) is 0 Å². The number of anilines is 1. The van der Waals surface area contributed by atoms with Crippen LogP contribution >= 0.6 is 0 Å². The Morgan fingerprint density at radius 3 is 2.55 bits per heavy atom. The minimum Gasteiger partial charge on any atom is -0.379 e. The number of hydrogen-bond donors (Lipinski definition) is 1. The second-order valence-corrected chi connectivity index (χ2v) is 6.36. The number of aromatic nitrogens is 1. The first kappa shape index (κ1) is 15.4. The third-order valence-electron chi connectivity index (χ3n) is 4.79. The predicted molar refractivity (Wildman–Crippen MR) is 85.6 cm³/mol. The van der Waals surface area contributed by atoms with Crippen LogP contribution in [-0.2, 0) is 9.53 Å². The van der Waals surface area contributed by atoms with E-state index >= 15 is 0 Å². The molecule has 3 rings (SSSR count). The van der Waals surface area contributed by atoms with Gasteiger partial charge in [0.2, 0.25) is 5.91 Å². The molecule has 0 spiro atoms. The summed E-state index contributed by atoms with van der Waals surface area (Å²) in [7, 11) is 0. The van der Waals surface area contributed by atoms with Gasteiger partial charge in [-0.15, -0.1) is 0 Å². The molecule has 2 heterocycles. The fourth-order valence-corrected chi connectivity index (χ4v) is 3.44. The zero-order valence-electron chi connectivity index (χ0n) is 13.0. The number of carbonyl (C=O) groups excluding carboxylic acids is 1. The van der Waals surface area contributed by atoms with E-state index in [0.717, 1.165) is 63.6 Å². The van der Waals surface area contributed by atoms with Crippen molar-refractivity contribution in [2.75, 3.05) is 38.2 Å². The Kier molecular flexibility index (Phi) is 5.40. The molecule has 1 saturated carbocycles. The van der Waals surface area contributed by atoms with Gasteiger partial charge in [0.05, 0.1) is 13.2 Å². The number of amides is 1. The zero-order chi connectivity index (χ0) is 15.2. The van der Waals surface area contributed by atoms with Gasteiger partial charge in [0.25, 0.3) is 0 Å². The Labute approximate surface area is 132 Å². The molecule has 0 radical (unpaired) electrons. The van der Waals surface area contributed by atoms with Crippen LogP contribution in [0.15, 0.2) is 24.5 Å². The van der Waals surface area contributed by atoms with E-state index in [-0.39, 0.29) is 11.8 Å². The summed E-state index contributed by atoms with van der Waals surface area (Å²) in [5.74, 6) is 1.06. The lowest BCUT2D eigenvalue weighted by Crippen LogP contribution is -2.40. The molecule has 5 heteroatoms. The van der Waals surface area contributed by atoms with Gasteiger partial charge in [-0.1, -0.05) is 0 Å². The van der Waals surface area contributed by atoms with Crippen LogP contribution in [0.3, 0.4) is 0 Å². The van der Waals surface area contributed by atoms with Gasteiger partial charge in [-0.05, 0) is 43.7 Å². The summed E-state index contributed by atoms with van der Waals surface area (Å²) in [4.78, 5) is 18.8. The lowest BCUT2D eigenvalue weighted by molar-refractivity contribution is -0.121. The van der Waals surface area contributed by atoms with E-state index in [2.05, 4.69) is 15.2 Å². The molecule has 2 fully saturated rings. The monoisotopic (exact) mass is 303 g/mol. The first-order valence-corrected chi connectivity index (χ1v) is 8.32. The van der Waals surface area contributed by atoms with Gasteiger partial charge in [-0.3, -0.25) is 14.7 Å². The summed E-state index contributed by atoms with van der Waals surface area (Å²) < 4.78 is 5.39. The first-order chi connectivity index (χ1) is 10.8. The Morgan fingerprint density at radius 2 is 1.86 bits per heavy atom. The molecule has 0 atom stereocenters. The number of hydrogen-bond acceptors (Lipinski definition) is 4. The molecule has 1 amide bonds. The fourth-order valence-electron chi connectivity index (χ4n) is 3.44. The lowest BCUT2D eigenvalue weighted by atomic mass is 9.81. The number of carbonyl (C=O) groups is 1. The molecule has 120 valence electrons. The fraction of sp³-hybridized carbons (Fsp3) is 0.647. The van der Waals surface area contributed by atoms with Crippen molar-refractivity contribution in [3.8, 4) is 0 Å². The van der Waals surface area contributed by atoms with E-state index in [1.807, 2.05) is 12.1 Å². The maximum absolute atomic E-state index is 12.3. The SMILES string of the molecule is O=C(Nc1ccncc1)C1CCC(CN2CCOCC2)CC1. The molecule has 1 aromatic rings. The normalized spacial score (nSPS) is 26.5. The van der Waals surface area contributed by atoms with Crippen LogP contribution in [0.2, 0.25) is 0 Å². The summed E-state index contributed by atoms with van der Waals surface area (Å²) in [6.07, 6.45) is 7.74. The molecule has 0 unspecified atom stereocenters.